The van der Waals surface area contributed by atoms with Crippen molar-refractivity contribution in [2.75, 3.05) is 5.73 Å². The van der Waals surface area contributed by atoms with E-state index in [2.05, 4.69) is 15.2 Å². The summed E-state index contributed by atoms with van der Waals surface area (Å²) in [5, 5.41) is 7.39. The zero-order valence-corrected chi connectivity index (χ0v) is 5.28. The maximum Gasteiger partial charge on any atom is 0.151 e. The topological polar surface area (TPSA) is 64.2 Å². The van der Waals surface area contributed by atoms with E-state index >= 15 is 0 Å². The normalized spacial score (nSPS) is 13.6. The fourth-order valence-electron chi connectivity index (χ4n) is 0.958. The van der Waals surface area contributed by atoms with E-state index in [-0.39, 0.29) is 0 Å². The average Bonchev–Trinajstić information content (AvgIpc) is 2.36. The van der Waals surface area contributed by atoms with Crippen LogP contribution in [-0.4, -0.2) is 16.4 Å². The van der Waals surface area contributed by atoms with Gasteiger partial charge in [-0.1, -0.05) is 0 Å². The summed E-state index contributed by atoms with van der Waals surface area (Å²) >= 11 is 0. The molecule has 1 aromatic rings. The van der Waals surface area contributed by atoms with Gasteiger partial charge in [-0.15, -0.1) is 5.10 Å². The summed E-state index contributed by atoms with van der Waals surface area (Å²) in [5.41, 5.74) is 7.51. The number of nitrogen functional groups attached to an aromatic ring is 1. The lowest BCUT2D eigenvalue weighted by Crippen LogP contribution is -1.99. The van der Waals surface area contributed by atoms with Crippen LogP contribution in [-0.2, 0) is 6.54 Å². The first-order valence-corrected chi connectivity index (χ1v) is 2.98. The number of hydrogen-bond acceptors (Lipinski definition) is 4. The highest BCUT2D eigenvalue weighted by Crippen LogP contribution is 2.16. The second kappa shape index (κ2) is 1.76. The average molecular weight is 134 g/mol. The minimum absolute atomic E-state index is 0.495. The largest absolute Gasteiger partial charge is 0.382 e. The molecule has 2 heterocycles. The molecule has 1 aliphatic heterocycles. The van der Waals surface area contributed by atoms with Gasteiger partial charge in [0.15, 0.2) is 5.82 Å². The molecule has 1 aliphatic rings. The molecule has 2 N–H and O–H groups in total. The number of fused-ring (bicyclic) bond motifs is 1. The van der Waals surface area contributed by atoms with E-state index in [9.17, 15) is 0 Å². The molecule has 10 heavy (non-hydrogen) atoms. The van der Waals surface area contributed by atoms with E-state index in [0.29, 0.717) is 12.4 Å². The highest BCUT2D eigenvalue weighted by atomic mass is 15.1. The third-order valence-corrected chi connectivity index (χ3v) is 1.50. The van der Waals surface area contributed by atoms with Crippen molar-refractivity contribution in [3.63, 3.8) is 0 Å². The lowest BCUT2D eigenvalue weighted by Gasteiger charge is -1.96. The molecule has 4 nitrogen and oxygen atoms in total. The second-order valence-electron chi connectivity index (χ2n) is 2.13. The molecule has 0 bridgehead atoms. The van der Waals surface area contributed by atoms with Crippen LogP contribution in [0, 0.1) is 0 Å². The van der Waals surface area contributed by atoms with Gasteiger partial charge in [-0.2, -0.15) is 5.10 Å². The summed E-state index contributed by atoms with van der Waals surface area (Å²) in [6, 6.07) is 0. The summed E-state index contributed by atoms with van der Waals surface area (Å²) in [5.74, 6) is 0.495. The molecule has 0 fully saturated rings. The van der Waals surface area contributed by atoms with Gasteiger partial charge in [-0.05, 0) is 0 Å². The molecule has 0 aliphatic carbocycles. The molecule has 0 saturated heterocycles. The predicted octanol–water partition coefficient (Wildman–Crippen LogP) is -0.00870. The minimum Gasteiger partial charge on any atom is -0.382 e. The van der Waals surface area contributed by atoms with Gasteiger partial charge < -0.3 is 5.73 Å². The number of nitrogens with zero attached hydrogens (tertiary/aromatic N) is 3. The lowest BCUT2D eigenvalue weighted by atomic mass is 10.2. The quantitative estimate of drug-likeness (QED) is 0.542. The highest BCUT2D eigenvalue weighted by Gasteiger charge is 2.09. The Morgan fingerprint density at radius 3 is 3.20 bits per heavy atom. The van der Waals surface area contributed by atoms with E-state index in [4.69, 9.17) is 5.73 Å². The van der Waals surface area contributed by atoms with Crippen molar-refractivity contribution >= 4 is 12.0 Å². The fourth-order valence-corrected chi connectivity index (χ4v) is 0.958. The zero-order valence-electron chi connectivity index (χ0n) is 5.28. The monoisotopic (exact) mass is 134 g/mol. The summed E-state index contributed by atoms with van der Waals surface area (Å²) in [6.45, 7) is 0.649. The van der Waals surface area contributed by atoms with Crippen molar-refractivity contribution in [3.8, 4) is 0 Å². The number of aliphatic imine (C=N–C) groups is 1. The van der Waals surface area contributed by atoms with Crippen LogP contribution in [0.3, 0.4) is 0 Å². The number of nitrogens with two attached hydrogens (primary N) is 1. The Kier molecular flexibility index (Phi) is 0.943. The predicted molar refractivity (Wildman–Crippen MR) is 37.7 cm³/mol. The first-order chi connectivity index (χ1) is 4.88. The lowest BCUT2D eigenvalue weighted by molar-refractivity contribution is 0.997. The molecule has 0 spiro atoms. The van der Waals surface area contributed by atoms with Crippen molar-refractivity contribution < 1.29 is 0 Å². The molecule has 2 rings (SSSR count). The molecular weight excluding hydrogens is 128 g/mol. The smallest absolute Gasteiger partial charge is 0.151 e. The Balaban J connectivity index is 2.66. The van der Waals surface area contributed by atoms with Crippen LogP contribution in [0.1, 0.15) is 11.1 Å². The fraction of sp³-hybridized carbons (Fsp3) is 0.167. The molecule has 0 atom stereocenters. The summed E-state index contributed by atoms with van der Waals surface area (Å²) in [7, 11) is 0. The van der Waals surface area contributed by atoms with Crippen LogP contribution in [0.5, 0.6) is 0 Å². The third-order valence-electron chi connectivity index (χ3n) is 1.50. The number of anilines is 1. The van der Waals surface area contributed by atoms with Crippen molar-refractivity contribution in [1.82, 2.24) is 10.2 Å². The first-order valence-electron chi connectivity index (χ1n) is 2.98. The van der Waals surface area contributed by atoms with Crippen molar-refractivity contribution in [2.45, 2.75) is 6.54 Å². The SMILES string of the molecule is Nc1nncc2c1CN=C2. The second-order valence-corrected chi connectivity index (χ2v) is 2.13. The molecule has 1 aromatic heterocycles. The molecule has 0 aromatic carbocycles. The first kappa shape index (κ1) is 5.34. The molecule has 50 valence electrons. The summed E-state index contributed by atoms with van der Waals surface area (Å²) < 4.78 is 0. The van der Waals surface area contributed by atoms with E-state index in [1.165, 1.54) is 0 Å². The van der Waals surface area contributed by atoms with E-state index < -0.39 is 0 Å². The van der Waals surface area contributed by atoms with Crippen LogP contribution in [0.15, 0.2) is 11.2 Å². The molecule has 0 saturated carbocycles. The molecule has 0 amide bonds. The Labute approximate surface area is 57.8 Å². The van der Waals surface area contributed by atoms with Crippen LogP contribution >= 0.6 is 0 Å². The summed E-state index contributed by atoms with van der Waals surface area (Å²) in [4.78, 5) is 4.03. The minimum atomic E-state index is 0.495. The third kappa shape index (κ3) is 0.586. The Bertz CT molecular complexity index is 292. The molecular formula is C6H6N4. The molecule has 4 heteroatoms. The van der Waals surface area contributed by atoms with Gasteiger partial charge in [0.05, 0.1) is 12.7 Å². The van der Waals surface area contributed by atoms with Gasteiger partial charge in [0.2, 0.25) is 0 Å². The van der Waals surface area contributed by atoms with Gasteiger partial charge >= 0.3 is 0 Å². The molecule has 0 radical (unpaired) electrons. The zero-order chi connectivity index (χ0) is 6.97. The van der Waals surface area contributed by atoms with Gasteiger partial charge in [0.25, 0.3) is 0 Å². The standard InChI is InChI=1S/C6H6N4/c7-6-5-3-8-1-4(5)2-9-10-6/h1-2H,3H2,(H2,7,10). The van der Waals surface area contributed by atoms with Gasteiger partial charge in [-0.3, -0.25) is 4.99 Å². The highest BCUT2D eigenvalue weighted by molar-refractivity contribution is 5.85. The Hall–Kier alpha value is -1.45. The summed E-state index contributed by atoms with van der Waals surface area (Å²) in [6.07, 6.45) is 3.43. The van der Waals surface area contributed by atoms with Crippen LogP contribution in [0.4, 0.5) is 5.82 Å². The van der Waals surface area contributed by atoms with Crippen molar-refractivity contribution in [3.05, 3.63) is 17.3 Å². The van der Waals surface area contributed by atoms with Gasteiger partial charge in [-0.25, -0.2) is 0 Å². The number of rotatable bonds is 0. The van der Waals surface area contributed by atoms with Gasteiger partial charge in [0, 0.05) is 17.3 Å². The van der Waals surface area contributed by atoms with E-state index in [1.54, 1.807) is 12.4 Å². The number of aromatic nitrogens is 2. The van der Waals surface area contributed by atoms with Gasteiger partial charge in [0.1, 0.15) is 0 Å². The Morgan fingerprint density at radius 2 is 2.40 bits per heavy atom. The van der Waals surface area contributed by atoms with Crippen molar-refractivity contribution in [2.24, 2.45) is 4.99 Å². The van der Waals surface area contributed by atoms with E-state index in [0.717, 1.165) is 11.1 Å². The number of hydrogen-bond donors (Lipinski definition) is 1. The van der Waals surface area contributed by atoms with E-state index in [1.807, 2.05) is 0 Å². The van der Waals surface area contributed by atoms with Crippen LogP contribution in [0.25, 0.3) is 0 Å². The van der Waals surface area contributed by atoms with Crippen LogP contribution in [0.2, 0.25) is 0 Å². The Morgan fingerprint density at radius 1 is 1.50 bits per heavy atom. The molecule has 0 unspecified atom stereocenters. The van der Waals surface area contributed by atoms with Crippen LogP contribution < -0.4 is 5.73 Å². The van der Waals surface area contributed by atoms with Crippen molar-refractivity contribution in [1.29, 1.82) is 0 Å². The maximum absolute atomic E-state index is 5.52. The maximum atomic E-state index is 5.52.